The molecular formula is C16H23N3O. The van der Waals surface area contributed by atoms with Crippen molar-refractivity contribution in [2.75, 3.05) is 31.1 Å². The Hall–Kier alpha value is -1.55. The Morgan fingerprint density at radius 3 is 2.65 bits per heavy atom. The van der Waals surface area contributed by atoms with Crippen molar-refractivity contribution in [3.8, 4) is 0 Å². The van der Waals surface area contributed by atoms with Crippen molar-refractivity contribution >= 4 is 11.6 Å². The van der Waals surface area contributed by atoms with Crippen LogP contribution in [0.2, 0.25) is 0 Å². The van der Waals surface area contributed by atoms with Crippen LogP contribution in [-0.2, 0) is 0 Å². The zero-order valence-corrected chi connectivity index (χ0v) is 12.1. The molecule has 0 aliphatic carbocycles. The summed E-state index contributed by atoms with van der Waals surface area (Å²) < 4.78 is 0. The minimum absolute atomic E-state index is 0.138. The fraction of sp³-hybridized carbons (Fsp3) is 0.562. The number of hydrogen-bond acceptors (Lipinski definition) is 3. The van der Waals surface area contributed by atoms with Crippen molar-refractivity contribution in [3.05, 3.63) is 29.3 Å². The number of amides is 1. The van der Waals surface area contributed by atoms with Gasteiger partial charge in [-0.15, -0.1) is 0 Å². The largest absolute Gasteiger partial charge is 0.371 e. The zero-order chi connectivity index (χ0) is 14.1. The molecule has 20 heavy (non-hydrogen) atoms. The fourth-order valence-electron chi connectivity index (χ4n) is 3.20. The van der Waals surface area contributed by atoms with E-state index in [-0.39, 0.29) is 11.9 Å². The van der Waals surface area contributed by atoms with Gasteiger partial charge in [0.2, 0.25) is 0 Å². The molecule has 1 amide bonds. The van der Waals surface area contributed by atoms with Crippen molar-refractivity contribution in [3.63, 3.8) is 0 Å². The first-order valence-electron chi connectivity index (χ1n) is 7.55. The Morgan fingerprint density at radius 1 is 1.25 bits per heavy atom. The number of nitrogens with zero attached hydrogens (tertiary/aromatic N) is 2. The van der Waals surface area contributed by atoms with Crippen LogP contribution >= 0.6 is 0 Å². The molecule has 1 aromatic carbocycles. The van der Waals surface area contributed by atoms with E-state index < -0.39 is 0 Å². The monoisotopic (exact) mass is 273 g/mol. The van der Waals surface area contributed by atoms with E-state index in [0.717, 1.165) is 42.9 Å². The molecule has 0 saturated carbocycles. The predicted molar refractivity (Wildman–Crippen MR) is 81.1 cm³/mol. The first-order chi connectivity index (χ1) is 9.65. The summed E-state index contributed by atoms with van der Waals surface area (Å²) in [6.07, 6.45) is 3.35. The first kappa shape index (κ1) is 13.4. The second kappa shape index (κ2) is 5.44. The number of likely N-dealkylation sites (tertiary alicyclic amines) is 1. The Kier molecular flexibility index (Phi) is 3.66. The Labute approximate surface area is 120 Å². The molecule has 2 heterocycles. The molecule has 2 aliphatic heterocycles. The summed E-state index contributed by atoms with van der Waals surface area (Å²) in [6.45, 7) is 5.63. The van der Waals surface area contributed by atoms with E-state index in [1.165, 1.54) is 12.8 Å². The van der Waals surface area contributed by atoms with Gasteiger partial charge in [0.05, 0.1) is 5.56 Å². The second-order valence-corrected chi connectivity index (χ2v) is 6.01. The van der Waals surface area contributed by atoms with E-state index in [9.17, 15) is 4.79 Å². The molecular weight excluding hydrogens is 250 g/mol. The van der Waals surface area contributed by atoms with Crippen molar-refractivity contribution in [2.45, 2.75) is 32.2 Å². The van der Waals surface area contributed by atoms with Crippen LogP contribution in [-0.4, -0.2) is 43.0 Å². The molecule has 4 nitrogen and oxygen atoms in total. The molecule has 2 aliphatic rings. The van der Waals surface area contributed by atoms with Crippen molar-refractivity contribution in [2.24, 2.45) is 5.73 Å². The zero-order valence-electron chi connectivity index (χ0n) is 12.1. The minimum Gasteiger partial charge on any atom is -0.371 e. The first-order valence-corrected chi connectivity index (χ1v) is 7.55. The summed E-state index contributed by atoms with van der Waals surface area (Å²) in [5, 5.41) is 0. The molecule has 2 fully saturated rings. The molecule has 0 bridgehead atoms. The maximum atomic E-state index is 12.8. The lowest BCUT2D eigenvalue weighted by atomic mass is 10.1. The lowest BCUT2D eigenvalue weighted by molar-refractivity contribution is 0.0791. The number of nitrogens with two attached hydrogens (primary N) is 1. The summed E-state index contributed by atoms with van der Waals surface area (Å²) in [6, 6.07) is 6.36. The Morgan fingerprint density at radius 2 is 2.00 bits per heavy atom. The lowest BCUT2D eigenvalue weighted by Crippen LogP contribution is -2.33. The third-order valence-corrected chi connectivity index (χ3v) is 4.34. The van der Waals surface area contributed by atoms with Gasteiger partial charge in [0, 0.05) is 37.9 Å². The second-order valence-electron chi connectivity index (χ2n) is 6.01. The summed E-state index contributed by atoms with van der Waals surface area (Å²) in [7, 11) is 0. The van der Waals surface area contributed by atoms with E-state index >= 15 is 0 Å². The van der Waals surface area contributed by atoms with E-state index in [2.05, 4.69) is 17.0 Å². The number of aryl methyl sites for hydroxylation is 1. The van der Waals surface area contributed by atoms with Crippen LogP contribution < -0.4 is 10.6 Å². The van der Waals surface area contributed by atoms with Gasteiger partial charge in [-0.3, -0.25) is 4.79 Å². The average molecular weight is 273 g/mol. The van der Waals surface area contributed by atoms with Crippen molar-refractivity contribution in [1.29, 1.82) is 0 Å². The van der Waals surface area contributed by atoms with Gasteiger partial charge in [0.15, 0.2) is 0 Å². The Balaban J connectivity index is 1.90. The van der Waals surface area contributed by atoms with E-state index in [0.29, 0.717) is 6.54 Å². The molecule has 3 rings (SSSR count). The summed E-state index contributed by atoms with van der Waals surface area (Å²) in [5.41, 5.74) is 9.01. The standard InChI is InChI=1S/C16H23N3O/c1-12-4-5-15(18-7-2-3-8-18)14(10-12)16(20)19-9-6-13(17)11-19/h4-5,10,13H,2-3,6-9,11,17H2,1H3/t13-/m1/s1. The number of carbonyl (C=O) groups excluding carboxylic acids is 1. The van der Waals surface area contributed by atoms with Gasteiger partial charge < -0.3 is 15.5 Å². The van der Waals surface area contributed by atoms with Gasteiger partial charge in [0.25, 0.3) is 5.91 Å². The van der Waals surface area contributed by atoms with Gasteiger partial charge in [-0.25, -0.2) is 0 Å². The van der Waals surface area contributed by atoms with Gasteiger partial charge in [-0.05, 0) is 38.3 Å². The van der Waals surface area contributed by atoms with Gasteiger partial charge in [-0.2, -0.15) is 0 Å². The van der Waals surface area contributed by atoms with Crippen LogP contribution in [0.25, 0.3) is 0 Å². The van der Waals surface area contributed by atoms with E-state index in [1.54, 1.807) is 0 Å². The van der Waals surface area contributed by atoms with Gasteiger partial charge in [-0.1, -0.05) is 11.6 Å². The number of rotatable bonds is 2. The van der Waals surface area contributed by atoms with Crippen LogP contribution in [0.5, 0.6) is 0 Å². The predicted octanol–water partition coefficient (Wildman–Crippen LogP) is 1.77. The third-order valence-electron chi connectivity index (χ3n) is 4.34. The van der Waals surface area contributed by atoms with Crippen molar-refractivity contribution in [1.82, 2.24) is 4.90 Å². The van der Waals surface area contributed by atoms with E-state index in [4.69, 9.17) is 5.73 Å². The molecule has 2 N–H and O–H groups in total. The van der Waals surface area contributed by atoms with Crippen LogP contribution in [0, 0.1) is 6.92 Å². The maximum Gasteiger partial charge on any atom is 0.256 e. The molecule has 0 unspecified atom stereocenters. The molecule has 2 saturated heterocycles. The number of hydrogen-bond donors (Lipinski definition) is 1. The normalized spacial score (nSPS) is 22.6. The maximum absolute atomic E-state index is 12.8. The summed E-state index contributed by atoms with van der Waals surface area (Å²) in [5.74, 6) is 0.142. The summed E-state index contributed by atoms with van der Waals surface area (Å²) >= 11 is 0. The molecule has 0 aromatic heterocycles. The van der Waals surface area contributed by atoms with Crippen LogP contribution in [0.1, 0.15) is 35.2 Å². The number of benzene rings is 1. The van der Waals surface area contributed by atoms with Crippen LogP contribution in [0.4, 0.5) is 5.69 Å². The quantitative estimate of drug-likeness (QED) is 0.893. The van der Waals surface area contributed by atoms with Crippen LogP contribution in [0.3, 0.4) is 0 Å². The molecule has 108 valence electrons. The Bertz CT molecular complexity index is 508. The van der Waals surface area contributed by atoms with Crippen LogP contribution in [0.15, 0.2) is 18.2 Å². The van der Waals surface area contributed by atoms with E-state index in [1.807, 2.05) is 17.9 Å². The molecule has 0 radical (unpaired) electrons. The fourth-order valence-corrected chi connectivity index (χ4v) is 3.20. The highest BCUT2D eigenvalue weighted by molar-refractivity contribution is 6.00. The molecule has 0 spiro atoms. The smallest absolute Gasteiger partial charge is 0.256 e. The number of anilines is 1. The highest BCUT2D eigenvalue weighted by Crippen LogP contribution is 2.27. The number of carbonyl (C=O) groups is 1. The van der Waals surface area contributed by atoms with Gasteiger partial charge in [0.1, 0.15) is 0 Å². The molecule has 1 atom stereocenters. The van der Waals surface area contributed by atoms with Gasteiger partial charge >= 0.3 is 0 Å². The minimum atomic E-state index is 0.138. The third kappa shape index (κ3) is 2.52. The average Bonchev–Trinajstić information content (AvgIpc) is 3.09. The molecule has 4 heteroatoms. The highest BCUT2D eigenvalue weighted by atomic mass is 16.2. The summed E-state index contributed by atoms with van der Waals surface area (Å²) in [4.78, 5) is 17.0. The van der Waals surface area contributed by atoms with Crippen molar-refractivity contribution < 1.29 is 4.79 Å². The SMILES string of the molecule is Cc1ccc(N2CCCC2)c(C(=O)N2CC[C@@H](N)C2)c1. The lowest BCUT2D eigenvalue weighted by Gasteiger charge is -2.24. The highest BCUT2D eigenvalue weighted by Gasteiger charge is 2.27. The topological polar surface area (TPSA) is 49.6 Å². The molecule has 1 aromatic rings.